The first-order chi connectivity index (χ1) is 16.0. The number of thiophene rings is 1. The fraction of sp³-hybridized carbons (Fsp3) is 0.458. The van der Waals surface area contributed by atoms with Crippen LogP contribution in [0.3, 0.4) is 0 Å². The molecule has 6 nitrogen and oxygen atoms in total. The predicted molar refractivity (Wildman–Crippen MR) is 130 cm³/mol. The number of aryl methyl sites for hydroxylation is 2. The molecule has 0 saturated carbocycles. The van der Waals surface area contributed by atoms with Crippen molar-refractivity contribution in [3.8, 4) is 0 Å². The molecule has 5 rings (SSSR count). The lowest BCUT2D eigenvalue weighted by Crippen LogP contribution is -2.45. The van der Waals surface area contributed by atoms with Crippen LogP contribution in [-0.2, 0) is 33.5 Å². The Labute approximate surface area is 199 Å². The van der Waals surface area contributed by atoms with Gasteiger partial charge in [-0.05, 0) is 55.4 Å². The van der Waals surface area contributed by atoms with Crippen LogP contribution in [0.2, 0.25) is 0 Å². The van der Waals surface area contributed by atoms with Gasteiger partial charge in [0, 0.05) is 30.1 Å². The Kier molecular flexibility index (Phi) is 6.53. The molecule has 174 valence electrons. The fourth-order valence-corrected chi connectivity index (χ4v) is 6.81. The highest BCUT2D eigenvalue weighted by atomic mass is 32.2. The normalized spacial score (nSPS) is 17.2. The maximum absolute atomic E-state index is 13.4. The Morgan fingerprint density at radius 3 is 2.82 bits per heavy atom. The highest BCUT2D eigenvalue weighted by Gasteiger charge is 2.34. The van der Waals surface area contributed by atoms with Gasteiger partial charge in [-0.25, -0.2) is 9.37 Å². The standard InChI is InChI=1S/C24H26FN3O3S2/c25-16-6-4-15(5-7-16)24(8-10-31-11-9-24)14-26-20(29)13-32-12-19-27-22(30)21-17-2-1-3-18(17)33-23(21)28-19/h4-7H,1-3,8-14H2,(H,26,29)(H,27,28,30). The first-order valence-corrected chi connectivity index (χ1v) is 13.2. The van der Waals surface area contributed by atoms with Crippen molar-refractivity contribution in [2.45, 2.75) is 43.3 Å². The van der Waals surface area contributed by atoms with E-state index in [4.69, 9.17) is 4.74 Å². The van der Waals surface area contributed by atoms with E-state index in [0.29, 0.717) is 31.3 Å². The maximum Gasteiger partial charge on any atom is 0.259 e. The summed E-state index contributed by atoms with van der Waals surface area (Å²) < 4.78 is 18.9. The summed E-state index contributed by atoms with van der Waals surface area (Å²) >= 11 is 3.05. The molecule has 3 heterocycles. The van der Waals surface area contributed by atoms with E-state index in [-0.39, 0.29) is 28.5 Å². The Bertz CT molecular complexity index is 1220. The van der Waals surface area contributed by atoms with Gasteiger partial charge < -0.3 is 15.0 Å². The van der Waals surface area contributed by atoms with Crippen molar-refractivity contribution in [1.82, 2.24) is 15.3 Å². The number of H-pyrrole nitrogens is 1. The van der Waals surface area contributed by atoms with Crippen molar-refractivity contribution in [3.63, 3.8) is 0 Å². The van der Waals surface area contributed by atoms with Gasteiger partial charge in [0.1, 0.15) is 16.5 Å². The molecule has 1 amide bonds. The number of hydrogen-bond donors (Lipinski definition) is 2. The molecule has 0 atom stereocenters. The van der Waals surface area contributed by atoms with Crippen LogP contribution < -0.4 is 10.9 Å². The lowest BCUT2D eigenvalue weighted by molar-refractivity contribution is -0.119. The first-order valence-electron chi connectivity index (χ1n) is 11.3. The number of nitrogens with zero attached hydrogens (tertiary/aromatic N) is 1. The SMILES string of the molecule is O=C(CSCc1nc2sc3c(c2c(=O)[nH]1)CCC3)NCC1(c2ccc(F)cc2)CCOCC1. The molecule has 2 aromatic heterocycles. The van der Waals surface area contributed by atoms with Crippen LogP contribution in [0.5, 0.6) is 0 Å². The summed E-state index contributed by atoms with van der Waals surface area (Å²) in [5.74, 6) is 1.03. The molecule has 33 heavy (non-hydrogen) atoms. The number of amides is 1. The summed E-state index contributed by atoms with van der Waals surface area (Å²) in [6.45, 7) is 1.73. The monoisotopic (exact) mass is 487 g/mol. The second-order valence-corrected chi connectivity index (χ2v) is 10.8. The van der Waals surface area contributed by atoms with Gasteiger partial charge >= 0.3 is 0 Å². The molecule has 3 aromatic rings. The number of fused-ring (bicyclic) bond motifs is 3. The van der Waals surface area contributed by atoms with E-state index in [9.17, 15) is 14.0 Å². The predicted octanol–water partition coefficient (Wildman–Crippen LogP) is 3.71. The molecular formula is C24H26FN3O3S2. The summed E-state index contributed by atoms with van der Waals surface area (Å²) in [7, 11) is 0. The Morgan fingerprint density at radius 1 is 1.24 bits per heavy atom. The van der Waals surface area contributed by atoms with Crippen LogP contribution in [0, 0.1) is 5.82 Å². The van der Waals surface area contributed by atoms with Gasteiger partial charge in [0.2, 0.25) is 5.91 Å². The number of rotatable bonds is 7. The van der Waals surface area contributed by atoms with Gasteiger partial charge in [-0.2, -0.15) is 0 Å². The highest BCUT2D eigenvalue weighted by Crippen LogP contribution is 2.35. The zero-order valence-corrected chi connectivity index (χ0v) is 19.9. The third-order valence-corrected chi connectivity index (χ3v) is 8.76. The van der Waals surface area contributed by atoms with Crippen LogP contribution in [0.25, 0.3) is 10.2 Å². The second-order valence-electron chi connectivity index (χ2n) is 8.72. The highest BCUT2D eigenvalue weighted by molar-refractivity contribution is 7.99. The van der Waals surface area contributed by atoms with Crippen LogP contribution in [0.15, 0.2) is 29.1 Å². The average Bonchev–Trinajstić information content (AvgIpc) is 3.40. The number of thioether (sulfide) groups is 1. The number of nitrogens with one attached hydrogen (secondary N) is 2. The van der Waals surface area contributed by atoms with E-state index in [1.165, 1.54) is 34.3 Å². The zero-order valence-electron chi connectivity index (χ0n) is 18.2. The lowest BCUT2D eigenvalue weighted by atomic mass is 9.74. The van der Waals surface area contributed by atoms with Crippen molar-refractivity contribution in [2.75, 3.05) is 25.5 Å². The van der Waals surface area contributed by atoms with Gasteiger partial charge in [0.15, 0.2) is 0 Å². The Hall–Kier alpha value is -2.23. The first kappa shape index (κ1) is 22.6. The quantitative estimate of drug-likeness (QED) is 0.531. The fourth-order valence-electron chi connectivity index (χ4n) is 4.81. The minimum Gasteiger partial charge on any atom is -0.381 e. The average molecular weight is 488 g/mol. The topological polar surface area (TPSA) is 84.1 Å². The number of benzene rings is 1. The molecule has 2 N–H and O–H groups in total. The minimum atomic E-state index is -0.265. The van der Waals surface area contributed by atoms with E-state index in [1.54, 1.807) is 23.5 Å². The van der Waals surface area contributed by atoms with Gasteiger partial charge in [-0.15, -0.1) is 23.1 Å². The van der Waals surface area contributed by atoms with Crippen molar-refractivity contribution in [2.24, 2.45) is 0 Å². The van der Waals surface area contributed by atoms with Gasteiger partial charge in [0.05, 0.1) is 16.9 Å². The molecule has 0 unspecified atom stereocenters. The molecular weight excluding hydrogens is 461 g/mol. The molecule has 2 aliphatic rings. The molecule has 1 fully saturated rings. The van der Waals surface area contributed by atoms with E-state index in [0.717, 1.165) is 47.9 Å². The number of ether oxygens (including phenoxy) is 1. The van der Waals surface area contributed by atoms with E-state index >= 15 is 0 Å². The lowest BCUT2D eigenvalue weighted by Gasteiger charge is -2.38. The van der Waals surface area contributed by atoms with Crippen LogP contribution >= 0.6 is 23.1 Å². The number of carbonyl (C=O) groups excluding carboxylic acids is 1. The summed E-state index contributed by atoms with van der Waals surface area (Å²) in [4.78, 5) is 34.8. The van der Waals surface area contributed by atoms with E-state index in [1.807, 2.05) is 0 Å². The second kappa shape index (κ2) is 9.56. The molecule has 0 spiro atoms. The van der Waals surface area contributed by atoms with E-state index in [2.05, 4.69) is 15.3 Å². The van der Waals surface area contributed by atoms with Gasteiger partial charge in [-0.1, -0.05) is 12.1 Å². The number of carbonyl (C=O) groups is 1. The van der Waals surface area contributed by atoms with Gasteiger partial charge in [0.25, 0.3) is 5.56 Å². The smallest absolute Gasteiger partial charge is 0.259 e. The van der Waals surface area contributed by atoms with Crippen LogP contribution in [0.4, 0.5) is 4.39 Å². The Balaban J connectivity index is 1.18. The summed E-state index contributed by atoms with van der Waals surface area (Å²) in [6.07, 6.45) is 4.66. The van der Waals surface area contributed by atoms with Gasteiger partial charge in [-0.3, -0.25) is 9.59 Å². The van der Waals surface area contributed by atoms with Crippen LogP contribution in [-0.4, -0.2) is 41.4 Å². The molecule has 1 aliphatic carbocycles. The van der Waals surface area contributed by atoms with Crippen molar-refractivity contribution >= 4 is 39.2 Å². The van der Waals surface area contributed by atoms with E-state index < -0.39 is 0 Å². The number of hydrogen-bond acceptors (Lipinski definition) is 6. The van der Waals surface area contributed by atoms with Crippen molar-refractivity contribution in [1.29, 1.82) is 0 Å². The molecule has 0 radical (unpaired) electrons. The number of aromatic nitrogens is 2. The summed E-state index contributed by atoms with van der Waals surface area (Å²) in [6, 6.07) is 6.55. The molecule has 1 aliphatic heterocycles. The zero-order chi connectivity index (χ0) is 22.8. The largest absolute Gasteiger partial charge is 0.381 e. The van der Waals surface area contributed by atoms with Crippen molar-refractivity contribution < 1.29 is 13.9 Å². The third-order valence-electron chi connectivity index (χ3n) is 6.63. The van der Waals surface area contributed by atoms with Crippen LogP contribution in [0.1, 0.15) is 41.1 Å². The van der Waals surface area contributed by atoms with Crippen molar-refractivity contribution in [3.05, 3.63) is 62.3 Å². The Morgan fingerprint density at radius 2 is 2.03 bits per heavy atom. The molecule has 1 saturated heterocycles. The number of halogens is 1. The third kappa shape index (κ3) is 4.72. The minimum absolute atomic E-state index is 0.0634. The number of aromatic amines is 1. The molecule has 9 heteroatoms. The summed E-state index contributed by atoms with van der Waals surface area (Å²) in [5.41, 5.74) is 1.88. The maximum atomic E-state index is 13.4. The molecule has 1 aromatic carbocycles. The summed E-state index contributed by atoms with van der Waals surface area (Å²) in [5, 5.41) is 3.81. The molecule has 0 bridgehead atoms.